The second-order valence-corrected chi connectivity index (χ2v) is 5.60. The quantitative estimate of drug-likeness (QED) is 0.754. The molecule has 106 valence electrons. The smallest absolute Gasteiger partial charge is 0.122 e. The lowest BCUT2D eigenvalue weighted by molar-refractivity contribution is 0.334. The summed E-state index contributed by atoms with van der Waals surface area (Å²) in [5, 5.41) is 3.58. The molecule has 19 heavy (non-hydrogen) atoms. The summed E-state index contributed by atoms with van der Waals surface area (Å²) >= 11 is 0. The summed E-state index contributed by atoms with van der Waals surface area (Å²) in [5.41, 5.74) is 1.30. The second kappa shape index (κ2) is 8.21. The molecule has 0 unspecified atom stereocenters. The molecule has 2 rings (SSSR count). The zero-order valence-corrected chi connectivity index (χ0v) is 12.2. The molecule has 1 aromatic rings. The summed E-state index contributed by atoms with van der Waals surface area (Å²) in [7, 11) is 1.75. The Kier molecular flexibility index (Phi) is 6.22. The molecule has 1 N–H and O–H groups in total. The van der Waals surface area contributed by atoms with Gasteiger partial charge in [-0.15, -0.1) is 0 Å². The largest absolute Gasteiger partial charge is 0.496 e. The Labute approximate surface area is 117 Å². The van der Waals surface area contributed by atoms with Crippen LogP contribution >= 0.6 is 0 Å². The van der Waals surface area contributed by atoms with Gasteiger partial charge < -0.3 is 10.1 Å². The Morgan fingerprint density at radius 3 is 2.68 bits per heavy atom. The molecule has 2 heteroatoms. The Hall–Kier alpha value is -1.02. The van der Waals surface area contributed by atoms with Gasteiger partial charge in [-0.3, -0.25) is 0 Å². The van der Waals surface area contributed by atoms with E-state index in [0.29, 0.717) is 0 Å². The highest BCUT2D eigenvalue weighted by molar-refractivity contribution is 5.33. The molecule has 1 saturated carbocycles. The molecule has 1 fully saturated rings. The average molecular weight is 261 g/mol. The van der Waals surface area contributed by atoms with Crippen molar-refractivity contribution in [1.82, 2.24) is 5.32 Å². The van der Waals surface area contributed by atoms with Crippen LogP contribution < -0.4 is 10.1 Å². The highest BCUT2D eigenvalue weighted by Crippen LogP contribution is 2.25. The maximum absolute atomic E-state index is 5.37. The van der Waals surface area contributed by atoms with Crippen molar-refractivity contribution in [3.8, 4) is 5.75 Å². The van der Waals surface area contributed by atoms with E-state index >= 15 is 0 Å². The minimum Gasteiger partial charge on any atom is -0.496 e. The number of methoxy groups -OCH3 is 1. The average Bonchev–Trinajstić information content (AvgIpc) is 2.48. The number of para-hydroxylation sites is 1. The maximum atomic E-state index is 5.37. The first kappa shape index (κ1) is 14.4. The third-order valence-corrected chi connectivity index (χ3v) is 4.22. The third-order valence-electron chi connectivity index (χ3n) is 4.22. The lowest BCUT2D eigenvalue weighted by atomic mass is 9.87. The van der Waals surface area contributed by atoms with Crippen LogP contribution in [0.4, 0.5) is 0 Å². The van der Waals surface area contributed by atoms with Gasteiger partial charge in [0.2, 0.25) is 0 Å². The van der Waals surface area contributed by atoms with Crippen molar-refractivity contribution in [2.75, 3.05) is 20.2 Å². The van der Waals surface area contributed by atoms with Gasteiger partial charge in [0.1, 0.15) is 5.75 Å². The van der Waals surface area contributed by atoms with E-state index in [9.17, 15) is 0 Å². The van der Waals surface area contributed by atoms with Crippen molar-refractivity contribution in [2.24, 2.45) is 5.92 Å². The van der Waals surface area contributed by atoms with Gasteiger partial charge in [0.15, 0.2) is 0 Å². The molecule has 0 atom stereocenters. The number of hydrogen-bond acceptors (Lipinski definition) is 2. The van der Waals surface area contributed by atoms with Gasteiger partial charge in [-0.25, -0.2) is 0 Å². The number of benzene rings is 1. The highest BCUT2D eigenvalue weighted by atomic mass is 16.5. The second-order valence-electron chi connectivity index (χ2n) is 5.60. The summed E-state index contributed by atoms with van der Waals surface area (Å²) in [5.74, 6) is 1.99. The van der Waals surface area contributed by atoms with E-state index in [1.807, 2.05) is 12.1 Å². The molecule has 1 aromatic carbocycles. The Bertz CT molecular complexity index is 358. The molecule has 0 spiro atoms. The fourth-order valence-electron chi connectivity index (χ4n) is 3.04. The van der Waals surface area contributed by atoms with Crippen LogP contribution in [0.2, 0.25) is 0 Å². The van der Waals surface area contributed by atoms with Crippen LogP contribution in [0.1, 0.15) is 44.1 Å². The molecule has 2 nitrogen and oxygen atoms in total. The molecular weight excluding hydrogens is 234 g/mol. The zero-order chi connectivity index (χ0) is 13.3. The van der Waals surface area contributed by atoms with Crippen molar-refractivity contribution in [1.29, 1.82) is 0 Å². The van der Waals surface area contributed by atoms with E-state index in [1.54, 1.807) is 7.11 Å². The first-order valence-corrected chi connectivity index (χ1v) is 7.73. The minimum absolute atomic E-state index is 0.979. The molecule has 1 aliphatic carbocycles. The lowest BCUT2D eigenvalue weighted by Gasteiger charge is -2.21. The SMILES string of the molecule is COc1ccccc1CCNCCC1CCCCC1. The van der Waals surface area contributed by atoms with E-state index in [-0.39, 0.29) is 0 Å². The molecule has 0 amide bonds. The van der Waals surface area contributed by atoms with Gasteiger partial charge in [-0.05, 0) is 43.5 Å². The Morgan fingerprint density at radius 2 is 1.89 bits per heavy atom. The molecule has 0 aliphatic heterocycles. The predicted molar refractivity (Wildman–Crippen MR) is 80.8 cm³/mol. The van der Waals surface area contributed by atoms with Crippen molar-refractivity contribution in [3.05, 3.63) is 29.8 Å². The van der Waals surface area contributed by atoms with E-state index in [0.717, 1.165) is 24.6 Å². The first-order valence-electron chi connectivity index (χ1n) is 7.73. The number of hydrogen-bond donors (Lipinski definition) is 1. The van der Waals surface area contributed by atoms with Crippen LogP contribution in [0.5, 0.6) is 5.75 Å². The van der Waals surface area contributed by atoms with Gasteiger partial charge in [0.25, 0.3) is 0 Å². The summed E-state index contributed by atoms with van der Waals surface area (Å²) < 4.78 is 5.37. The fraction of sp³-hybridized carbons (Fsp3) is 0.647. The Morgan fingerprint density at radius 1 is 1.11 bits per heavy atom. The van der Waals surface area contributed by atoms with E-state index in [4.69, 9.17) is 4.74 Å². The van der Waals surface area contributed by atoms with Crippen molar-refractivity contribution in [3.63, 3.8) is 0 Å². The van der Waals surface area contributed by atoms with E-state index < -0.39 is 0 Å². The van der Waals surface area contributed by atoms with Gasteiger partial charge >= 0.3 is 0 Å². The summed E-state index contributed by atoms with van der Waals surface area (Å²) in [6, 6.07) is 8.30. The van der Waals surface area contributed by atoms with Crippen LogP contribution in [-0.2, 0) is 6.42 Å². The van der Waals surface area contributed by atoms with E-state index in [2.05, 4.69) is 17.4 Å². The van der Waals surface area contributed by atoms with Crippen molar-refractivity contribution >= 4 is 0 Å². The molecule has 0 heterocycles. The summed E-state index contributed by atoms with van der Waals surface area (Å²) in [6.07, 6.45) is 9.67. The topological polar surface area (TPSA) is 21.3 Å². The predicted octanol–water partition coefficient (Wildman–Crippen LogP) is 3.80. The lowest BCUT2D eigenvalue weighted by Crippen LogP contribution is -2.21. The Balaban J connectivity index is 1.61. The van der Waals surface area contributed by atoms with Crippen LogP contribution in [0.15, 0.2) is 24.3 Å². The number of ether oxygens (including phenoxy) is 1. The van der Waals surface area contributed by atoms with Crippen molar-refractivity contribution in [2.45, 2.75) is 44.9 Å². The molecule has 0 saturated heterocycles. The van der Waals surface area contributed by atoms with E-state index in [1.165, 1.54) is 50.6 Å². The van der Waals surface area contributed by atoms with Crippen LogP contribution in [0, 0.1) is 5.92 Å². The first-order chi connectivity index (χ1) is 9.40. The fourth-order valence-corrected chi connectivity index (χ4v) is 3.04. The standard InChI is InChI=1S/C17H27NO/c1-19-17-10-6-5-9-16(17)12-14-18-13-11-15-7-3-2-4-8-15/h5-6,9-10,15,18H,2-4,7-8,11-14H2,1H3. The van der Waals surface area contributed by atoms with Gasteiger partial charge in [-0.2, -0.15) is 0 Å². The van der Waals surface area contributed by atoms with Gasteiger partial charge in [-0.1, -0.05) is 50.3 Å². The zero-order valence-electron chi connectivity index (χ0n) is 12.2. The molecular formula is C17H27NO. The maximum Gasteiger partial charge on any atom is 0.122 e. The molecule has 0 radical (unpaired) electrons. The summed E-state index contributed by atoms with van der Waals surface area (Å²) in [4.78, 5) is 0. The van der Waals surface area contributed by atoms with Crippen LogP contribution in [-0.4, -0.2) is 20.2 Å². The van der Waals surface area contributed by atoms with Gasteiger partial charge in [0, 0.05) is 0 Å². The van der Waals surface area contributed by atoms with Crippen LogP contribution in [0.3, 0.4) is 0 Å². The van der Waals surface area contributed by atoms with Gasteiger partial charge in [0.05, 0.1) is 7.11 Å². The monoisotopic (exact) mass is 261 g/mol. The number of nitrogens with one attached hydrogen (secondary N) is 1. The summed E-state index contributed by atoms with van der Waals surface area (Å²) in [6.45, 7) is 2.22. The molecule has 0 bridgehead atoms. The molecule has 1 aliphatic rings. The molecule has 0 aromatic heterocycles. The normalized spacial score (nSPS) is 16.5. The van der Waals surface area contributed by atoms with Crippen molar-refractivity contribution < 1.29 is 4.74 Å². The third kappa shape index (κ3) is 4.87. The number of rotatable bonds is 7. The minimum atomic E-state index is 0.979. The highest BCUT2D eigenvalue weighted by Gasteiger charge is 2.12. The van der Waals surface area contributed by atoms with Crippen LogP contribution in [0.25, 0.3) is 0 Å².